The molecule has 94 valence electrons. The van der Waals surface area contributed by atoms with E-state index < -0.39 is 0 Å². The van der Waals surface area contributed by atoms with Crippen molar-refractivity contribution in [2.24, 2.45) is 0 Å². The Morgan fingerprint density at radius 1 is 1.33 bits per heavy atom. The number of allylic oxidation sites excluding steroid dienone is 1. The smallest absolute Gasteiger partial charge is 0.331 e. The van der Waals surface area contributed by atoms with E-state index in [9.17, 15) is 4.79 Å². The lowest BCUT2D eigenvalue weighted by Gasteiger charge is -2.26. The Kier molecular flexibility index (Phi) is 4.31. The molecule has 0 fully saturated rings. The van der Waals surface area contributed by atoms with Crippen molar-refractivity contribution in [3.05, 3.63) is 60.2 Å². The average molecular weight is 243 g/mol. The first-order chi connectivity index (χ1) is 8.79. The molecule has 3 nitrogen and oxygen atoms in total. The van der Waals surface area contributed by atoms with Gasteiger partial charge in [-0.05, 0) is 18.6 Å². The van der Waals surface area contributed by atoms with Crippen LogP contribution in [0.15, 0.2) is 54.6 Å². The van der Waals surface area contributed by atoms with E-state index in [0.29, 0.717) is 0 Å². The molecule has 0 saturated heterocycles. The van der Waals surface area contributed by atoms with Gasteiger partial charge in [0, 0.05) is 12.6 Å². The van der Waals surface area contributed by atoms with Gasteiger partial charge >= 0.3 is 5.97 Å². The topological polar surface area (TPSA) is 38.3 Å². The number of carbonyl (C=O) groups is 1. The number of hydrogen-bond donors (Lipinski definition) is 1. The lowest BCUT2D eigenvalue weighted by molar-refractivity contribution is -0.142. The number of ether oxygens (including phenoxy) is 1. The summed E-state index contributed by atoms with van der Waals surface area (Å²) in [7, 11) is 0. The summed E-state index contributed by atoms with van der Waals surface area (Å²) in [6.45, 7) is 2.67. The van der Waals surface area contributed by atoms with Crippen LogP contribution in [0.5, 0.6) is 0 Å². The molecule has 1 aliphatic rings. The lowest BCUT2D eigenvalue weighted by Crippen LogP contribution is -2.41. The zero-order valence-corrected chi connectivity index (χ0v) is 10.4. The first kappa shape index (κ1) is 12.6. The third-order valence-electron chi connectivity index (χ3n) is 2.81. The number of nitrogens with one attached hydrogen (secondary N) is 1. The van der Waals surface area contributed by atoms with Gasteiger partial charge in [-0.1, -0.05) is 42.5 Å². The van der Waals surface area contributed by atoms with E-state index in [0.717, 1.165) is 6.54 Å². The molecule has 2 unspecified atom stereocenters. The SMILES string of the molecule is C/C=C/C1OC(=O)C=CC1NCc1ccccc1. The Morgan fingerprint density at radius 3 is 2.83 bits per heavy atom. The highest BCUT2D eigenvalue weighted by Crippen LogP contribution is 2.11. The molecule has 0 amide bonds. The maximum atomic E-state index is 11.2. The summed E-state index contributed by atoms with van der Waals surface area (Å²) >= 11 is 0. The molecule has 0 aromatic heterocycles. The second kappa shape index (κ2) is 6.17. The first-order valence-corrected chi connectivity index (χ1v) is 6.08. The summed E-state index contributed by atoms with van der Waals surface area (Å²) in [5.74, 6) is -0.282. The number of carbonyl (C=O) groups excluding carboxylic acids is 1. The number of esters is 1. The van der Waals surface area contributed by atoms with Crippen molar-refractivity contribution in [2.75, 3.05) is 0 Å². The van der Waals surface area contributed by atoms with Crippen LogP contribution < -0.4 is 5.32 Å². The van der Waals surface area contributed by atoms with E-state index in [1.807, 2.05) is 43.4 Å². The maximum Gasteiger partial charge on any atom is 0.331 e. The Labute approximate surface area is 107 Å². The van der Waals surface area contributed by atoms with Crippen molar-refractivity contribution < 1.29 is 9.53 Å². The van der Waals surface area contributed by atoms with Gasteiger partial charge in [0.25, 0.3) is 0 Å². The monoisotopic (exact) mass is 243 g/mol. The fraction of sp³-hybridized carbons (Fsp3) is 0.267. The predicted octanol–water partition coefficient (Wildman–Crippen LogP) is 2.20. The largest absolute Gasteiger partial charge is 0.453 e. The summed E-state index contributed by atoms with van der Waals surface area (Å²) in [4.78, 5) is 11.2. The zero-order valence-electron chi connectivity index (χ0n) is 10.4. The van der Waals surface area contributed by atoms with Crippen LogP contribution in [0, 0.1) is 0 Å². The Hall–Kier alpha value is -1.87. The second-order valence-corrected chi connectivity index (χ2v) is 4.18. The van der Waals surface area contributed by atoms with E-state index in [-0.39, 0.29) is 18.1 Å². The minimum atomic E-state index is -0.282. The van der Waals surface area contributed by atoms with Crippen molar-refractivity contribution in [1.82, 2.24) is 5.32 Å². The van der Waals surface area contributed by atoms with Gasteiger partial charge in [-0.3, -0.25) is 0 Å². The second-order valence-electron chi connectivity index (χ2n) is 4.18. The molecule has 0 radical (unpaired) electrons. The summed E-state index contributed by atoms with van der Waals surface area (Å²) in [5.41, 5.74) is 1.21. The van der Waals surface area contributed by atoms with Gasteiger partial charge < -0.3 is 10.1 Å². The maximum absolute atomic E-state index is 11.2. The molecular formula is C15H17NO2. The van der Waals surface area contributed by atoms with Crippen LogP contribution in [0.2, 0.25) is 0 Å². The Bertz CT molecular complexity index is 451. The van der Waals surface area contributed by atoms with Gasteiger partial charge in [-0.15, -0.1) is 0 Å². The van der Waals surface area contributed by atoms with E-state index in [1.165, 1.54) is 11.6 Å². The van der Waals surface area contributed by atoms with Gasteiger partial charge in [0.2, 0.25) is 0 Å². The molecule has 18 heavy (non-hydrogen) atoms. The van der Waals surface area contributed by atoms with Crippen LogP contribution in [0.1, 0.15) is 12.5 Å². The third kappa shape index (κ3) is 3.31. The summed E-state index contributed by atoms with van der Waals surface area (Å²) < 4.78 is 5.25. The van der Waals surface area contributed by atoms with E-state index in [1.54, 1.807) is 0 Å². The molecule has 1 aliphatic heterocycles. The molecule has 1 aromatic rings. The summed E-state index contributed by atoms with van der Waals surface area (Å²) in [6.07, 6.45) is 6.90. The van der Waals surface area contributed by atoms with Gasteiger partial charge in [-0.2, -0.15) is 0 Å². The molecule has 2 atom stereocenters. The van der Waals surface area contributed by atoms with Crippen molar-refractivity contribution in [2.45, 2.75) is 25.6 Å². The molecule has 1 aromatic carbocycles. The Balaban J connectivity index is 1.98. The van der Waals surface area contributed by atoms with E-state index in [2.05, 4.69) is 17.4 Å². The minimum absolute atomic E-state index is 0.0270. The fourth-order valence-corrected chi connectivity index (χ4v) is 1.90. The van der Waals surface area contributed by atoms with Crippen LogP contribution in [0.3, 0.4) is 0 Å². The number of cyclic esters (lactones) is 1. The standard InChI is InChI=1S/C15H17NO2/c1-2-6-14-13(9-10-15(17)18-14)16-11-12-7-4-3-5-8-12/h2-10,13-14,16H,11H2,1H3/b6-2+. The highest BCUT2D eigenvalue weighted by atomic mass is 16.5. The predicted molar refractivity (Wildman–Crippen MR) is 70.9 cm³/mol. The molecule has 0 saturated carbocycles. The van der Waals surface area contributed by atoms with E-state index in [4.69, 9.17) is 4.74 Å². The lowest BCUT2D eigenvalue weighted by atomic mass is 10.1. The fourth-order valence-electron chi connectivity index (χ4n) is 1.90. The van der Waals surface area contributed by atoms with Gasteiger partial charge in [-0.25, -0.2) is 4.79 Å². The van der Waals surface area contributed by atoms with Crippen LogP contribution >= 0.6 is 0 Å². The number of benzene rings is 1. The minimum Gasteiger partial charge on any atom is -0.453 e. The van der Waals surface area contributed by atoms with E-state index >= 15 is 0 Å². The number of hydrogen-bond acceptors (Lipinski definition) is 3. The highest BCUT2D eigenvalue weighted by Gasteiger charge is 2.23. The molecule has 3 heteroatoms. The molecule has 0 aliphatic carbocycles. The molecule has 2 rings (SSSR count). The molecule has 0 bridgehead atoms. The quantitative estimate of drug-likeness (QED) is 0.651. The van der Waals surface area contributed by atoms with Crippen molar-refractivity contribution in [1.29, 1.82) is 0 Å². The van der Waals surface area contributed by atoms with Crippen LogP contribution in [0.25, 0.3) is 0 Å². The highest BCUT2D eigenvalue weighted by molar-refractivity contribution is 5.83. The van der Waals surface area contributed by atoms with Crippen LogP contribution in [-0.4, -0.2) is 18.1 Å². The van der Waals surface area contributed by atoms with Crippen molar-refractivity contribution in [3.63, 3.8) is 0 Å². The normalized spacial score (nSPS) is 23.3. The van der Waals surface area contributed by atoms with Crippen LogP contribution in [0.4, 0.5) is 0 Å². The molecular weight excluding hydrogens is 226 g/mol. The first-order valence-electron chi connectivity index (χ1n) is 6.08. The van der Waals surface area contributed by atoms with Gasteiger partial charge in [0.05, 0.1) is 6.04 Å². The average Bonchev–Trinajstić information content (AvgIpc) is 2.39. The summed E-state index contributed by atoms with van der Waals surface area (Å²) in [5, 5.41) is 3.38. The summed E-state index contributed by atoms with van der Waals surface area (Å²) in [6, 6.07) is 10.2. The Morgan fingerprint density at radius 2 is 2.11 bits per heavy atom. The van der Waals surface area contributed by atoms with Crippen molar-refractivity contribution >= 4 is 5.97 Å². The zero-order chi connectivity index (χ0) is 12.8. The van der Waals surface area contributed by atoms with Crippen molar-refractivity contribution in [3.8, 4) is 0 Å². The molecule has 0 spiro atoms. The van der Waals surface area contributed by atoms with Gasteiger partial charge in [0.1, 0.15) is 6.10 Å². The van der Waals surface area contributed by atoms with Gasteiger partial charge in [0.15, 0.2) is 0 Å². The number of rotatable bonds is 4. The third-order valence-corrected chi connectivity index (χ3v) is 2.81. The van der Waals surface area contributed by atoms with Crippen LogP contribution in [-0.2, 0) is 16.1 Å². The molecule has 1 N–H and O–H groups in total. The molecule has 1 heterocycles.